The van der Waals surface area contributed by atoms with Crippen molar-refractivity contribution in [3.8, 4) is 11.5 Å². The molecule has 6 nitrogen and oxygen atoms in total. The Labute approximate surface area is 98.5 Å². The first-order valence-electron chi connectivity index (χ1n) is 5.31. The molecular formula is C11H14N4O2. The maximum absolute atomic E-state index is 9.55. The average Bonchev–Trinajstić information content (AvgIpc) is 2.79. The molecule has 0 aliphatic carbocycles. The lowest BCUT2D eigenvalue weighted by atomic mass is 10.2. The zero-order valence-electron chi connectivity index (χ0n) is 9.24. The van der Waals surface area contributed by atoms with Crippen molar-refractivity contribution in [2.24, 2.45) is 0 Å². The van der Waals surface area contributed by atoms with Gasteiger partial charge in [-0.3, -0.25) is 4.68 Å². The molecule has 0 aliphatic heterocycles. The van der Waals surface area contributed by atoms with E-state index in [0.717, 1.165) is 18.7 Å². The number of nitrogens with one attached hydrogen (secondary N) is 1. The van der Waals surface area contributed by atoms with Crippen LogP contribution in [0.5, 0.6) is 11.5 Å². The third-order valence-electron chi connectivity index (χ3n) is 2.37. The van der Waals surface area contributed by atoms with Crippen LogP contribution in [0.15, 0.2) is 30.6 Å². The topological polar surface area (TPSA) is 83.2 Å². The molecule has 0 saturated heterocycles. The summed E-state index contributed by atoms with van der Waals surface area (Å²) < 4.78 is 1.73. The van der Waals surface area contributed by atoms with Gasteiger partial charge in [0.1, 0.15) is 11.5 Å². The fourth-order valence-electron chi connectivity index (χ4n) is 1.47. The van der Waals surface area contributed by atoms with Crippen LogP contribution in [-0.2, 0) is 13.1 Å². The second-order valence-corrected chi connectivity index (χ2v) is 3.66. The molecule has 1 aromatic heterocycles. The molecule has 90 valence electrons. The number of aromatic hydroxyl groups is 2. The summed E-state index contributed by atoms with van der Waals surface area (Å²) in [6.07, 6.45) is 3.42. The standard InChI is InChI=1S/C11H14N4O2/c16-10-2-1-9(11(17)7-10)8-12-3-5-15-6-4-13-14-15/h1-2,4,6-7,12,16-17H,3,5,8H2. The van der Waals surface area contributed by atoms with Crippen molar-refractivity contribution in [2.75, 3.05) is 6.54 Å². The largest absolute Gasteiger partial charge is 0.508 e. The molecule has 3 N–H and O–H groups in total. The van der Waals surface area contributed by atoms with Gasteiger partial charge in [0.15, 0.2) is 0 Å². The smallest absolute Gasteiger partial charge is 0.123 e. The molecular weight excluding hydrogens is 220 g/mol. The number of rotatable bonds is 5. The van der Waals surface area contributed by atoms with Crippen molar-refractivity contribution in [3.63, 3.8) is 0 Å². The molecule has 0 atom stereocenters. The fourth-order valence-corrected chi connectivity index (χ4v) is 1.47. The molecule has 1 aromatic carbocycles. The van der Waals surface area contributed by atoms with Gasteiger partial charge in [-0.1, -0.05) is 11.3 Å². The Hall–Kier alpha value is -2.08. The van der Waals surface area contributed by atoms with Crippen LogP contribution >= 0.6 is 0 Å². The van der Waals surface area contributed by atoms with Crippen molar-refractivity contribution in [1.29, 1.82) is 0 Å². The summed E-state index contributed by atoms with van der Waals surface area (Å²) >= 11 is 0. The zero-order valence-corrected chi connectivity index (χ0v) is 9.24. The monoisotopic (exact) mass is 234 g/mol. The molecule has 17 heavy (non-hydrogen) atoms. The van der Waals surface area contributed by atoms with Crippen molar-refractivity contribution >= 4 is 0 Å². The highest BCUT2D eigenvalue weighted by atomic mass is 16.3. The van der Waals surface area contributed by atoms with Crippen LogP contribution in [0, 0.1) is 0 Å². The first-order valence-corrected chi connectivity index (χ1v) is 5.31. The average molecular weight is 234 g/mol. The van der Waals surface area contributed by atoms with E-state index in [2.05, 4.69) is 15.6 Å². The second kappa shape index (κ2) is 5.31. The molecule has 1 heterocycles. The number of nitrogens with zero attached hydrogens (tertiary/aromatic N) is 3. The van der Waals surface area contributed by atoms with E-state index in [-0.39, 0.29) is 11.5 Å². The SMILES string of the molecule is Oc1ccc(CNCCn2ccnn2)c(O)c1. The van der Waals surface area contributed by atoms with Crippen molar-refractivity contribution in [1.82, 2.24) is 20.3 Å². The van der Waals surface area contributed by atoms with Gasteiger partial charge >= 0.3 is 0 Å². The van der Waals surface area contributed by atoms with Crippen LogP contribution in [0.3, 0.4) is 0 Å². The van der Waals surface area contributed by atoms with E-state index in [9.17, 15) is 5.11 Å². The summed E-state index contributed by atoms with van der Waals surface area (Å²) in [5.74, 6) is 0.159. The minimum absolute atomic E-state index is 0.0638. The molecule has 6 heteroatoms. The van der Waals surface area contributed by atoms with Crippen molar-refractivity contribution in [2.45, 2.75) is 13.1 Å². The van der Waals surface area contributed by atoms with E-state index in [4.69, 9.17) is 5.11 Å². The van der Waals surface area contributed by atoms with Crippen LogP contribution in [0.25, 0.3) is 0 Å². The molecule has 0 spiro atoms. The predicted molar refractivity (Wildman–Crippen MR) is 61.5 cm³/mol. The third kappa shape index (κ3) is 3.18. The summed E-state index contributed by atoms with van der Waals surface area (Å²) in [5, 5.41) is 29.4. The molecule has 0 saturated carbocycles. The van der Waals surface area contributed by atoms with Crippen LogP contribution in [0.2, 0.25) is 0 Å². The molecule has 2 rings (SSSR count). The van der Waals surface area contributed by atoms with Gasteiger partial charge in [0.25, 0.3) is 0 Å². The van der Waals surface area contributed by atoms with Crippen LogP contribution in [-0.4, -0.2) is 31.8 Å². The first kappa shape index (κ1) is 11.4. The van der Waals surface area contributed by atoms with Gasteiger partial charge in [0, 0.05) is 30.9 Å². The Kier molecular flexibility index (Phi) is 3.56. The van der Waals surface area contributed by atoms with E-state index in [1.807, 2.05) is 0 Å². The Morgan fingerprint density at radius 2 is 2.18 bits per heavy atom. The highest BCUT2D eigenvalue weighted by Gasteiger charge is 2.01. The van der Waals surface area contributed by atoms with Crippen molar-refractivity contribution in [3.05, 3.63) is 36.2 Å². The normalized spacial score (nSPS) is 10.6. The lowest BCUT2D eigenvalue weighted by Crippen LogP contribution is -2.19. The van der Waals surface area contributed by atoms with Gasteiger partial charge < -0.3 is 15.5 Å². The highest BCUT2D eigenvalue weighted by Crippen LogP contribution is 2.21. The quantitative estimate of drug-likeness (QED) is 0.655. The van der Waals surface area contributed by atoms with Crippen LogP contribution in [0.4, 0.5) is 0 Å². The van der Waals surface area contributed by atoms with E-state index in [0.29, 0.717) is 6.54 Å². The maximum atomic E-state index is 9.55. The molecule has 0 aliphatic rings. The van der Waals surface area contributed by atoms with Gasteiger partial charge in [-0.25, -0.2) is 0 Å². The van der Waals surface area contributed by atoms with Crippen molar-refractivity contribution < 1.29 is 10.2 Å². The van der Waals surface area contributed by atoms with Gasteiger partial charge in [-0.2, -0.15) is 0 Å². The molecule has 0 bridgehead atoms. The molecule has 0 radical (unpaired) electrons. The Morgan fingerprint density at radius 3 is 2.88 bits per heavy atom. The third-order valence-corrected chi connectivity index (χ3v) is 2.37. The lowest BCUT2D eigenvalue weighted by molar-refractivity contribution is 0.442. The summed E-state index contributed by atoms with van der Waals surface area (Å²) in [7, 11) is 0. The van der Waals surface area contributed by atoms with Crippen LogP contribution < -0.4 is 5.32 Å². The van der Waals surface area contributed by atoms with Gasteiger partial charge in [-0.05, 0) is 6.07 Å². The Morgan fingerprint density at radius 1 is 1.29 bits per heavy atom. The van der Waals surface area contributed by atoms with Gasteiger partial charge in [-0.15, -0.1) is 5.10 Å². The number of aromatic nitrogens is 3. The Bertz CT molecular complexity index is 470. The summed E-state index contributed by atoms with van der Waals surface area (Å²) in [4.78, 5) is 0. The molecule has 2 aromatic rings. The minimum atomic E-state index is 0.0638. The second-order valence-electron chi connectivity index (χ2n) is 3.66. The van der Waals surface area contributed by atoms with E-state index >= 15 is 0 Å². The van der Waals surface area contributed by atoms with Gasteiger partial charge in [0.05, 0.1) is 12.7 Å². The molecule has 0 amide bonds. The lowest BCUT2D eigenvalue weighted by Gasteiger charge is -2.07. The summed E-state index contributed by atoms with van der Waals surface area (Å²) in [6, 6.07) is 4.57. The van der Waals surface area contributed by atoms with E-state index < -0.39 is 0 Å². The number of benzene rings is 1. The Balaban J connectivity index is 1.78. The zero-order chi connectivity index (χ0) is 12.1. The minimum Gasteiger partial charge on any atom is -0.508 e. The predicted octanol–water partition coefficient (Wildman–Crippen LogP) is 0.479. The number of phenols is 2. The summed E-state index contributed by atoms with van der Waals surface area (Å²) in [5.41, 5.74) is 0.751. The van der Waals surface area contributed by atoms with E-state index in [1.165, 1.54) is 6.07 Å². The highest BCUT2D eigenvalue weighted by molar-refractivity contribution is 5.38. The fraction of sp³-hybridized carbons (Fsp3) is 0.273. The van der Waals surface area contributed by atoms with E-state index in [1.54, 1.807) is 29.2 Å². The maximum Gasteiger partial charge on any atom is 0.123 e. The number of hydrogen-bond donors (Lipinski definition) is 3. The number of phenolic OH excluding ortho intramolecular Hbond substituents is 2. The number of hydrogen-bond acceptors (Lipinski definition) is 5. The summed E-state index contributed by atoms with van der Waals surface area (Å²) in [6.45, 7) is 1.99. The first-order chi connectivity index (χ1) is 8.25. The molecule has 0 fully saturated rings. The van der Waals surface area contributed by atoms with Gasteiger partial charge in [0.2, 0.25) is 0 Å². The van der Waals surface area contributed by atoms with Crippen LogP contribution in [0.1, 0.15) is 5.56 Å². The molecule has 0 unspecified atom stereocenters.